The molecule has 0 aromatic carbocycles. The van der Waals surface area contributed by atoms with Gasteiger partial charge < -0.3 is 9.73 Å². The number of hydrogen-bond donors (Lipinski definition) is 1. The lowest BCUT2D eigenvalue weighted by atomic mass is 10.2. The number of nitrogens with one attached hydrogen (secondary N) is 1. The van der Waals surface area contributed by atoms with Gasteiger partial charge in [0.1, 0.15) is 6.26 Å². The second-order valence-corrected chi connectivity index (χ2v) is 2.98. The third kappa shape index (κ3) is 4.13. The predicted octanol–water partition coefficient (Wildman–Crippen LogP) is 1.94. The minimum Gasteiger partial charge on any atom is -0.448 e. The van der Waals surface area contributed by atoms with Gasteiger partial charge in [-0.1, -0.05) is 13.8 Å². The van der Waals surface area contributed by atoms with Gasteiger partial charge >= 0.3 is 0 Å². The zero-order valence-corrected chi connectivity index (χ0v) is 8.51. The van der Waals surface area contributed by atoms with E-state index in [4.69, 9.17) is 4.42 Å². The molecule has 12 heavy (non-hydrogen) atoms. The van der Waals surface area contributed by atoms with Crippen molar-refractivity contribution in [2.75, 3.05) is 14.1 Å². The molecule has 0 bridgehead atoms. The summed E-state index contributed by atoms with van der Waals surface area (Å²) >= 11 is 0. The van der Waals surface area contributed by atoms with Crippen molar-refractivity contribution in [3.63, 3.8) is 0 Å². The number of aryl methyl sites for hydroxylation is 1. The summed E-state index contributed by atoms with van der Waals surface area (Å²) in [7, 11) is 3.75. The Morgan fingerprint density at radius 1 is 1.42 bits per heavy atom. The van der Waals surface area contributed by atoms with Crippen LogP contribution in [0.2, 0.25) is 0 Å². The monoisotopic (exact) mass is 170 g/mol. The fraction of sp³-hybridized carbons (Fsp3) is 0.667. The number of aromatic nitrogens is 1. The van der Waals surface area contributed by atoms with Crippen LogP contribution in [-0.2, 0) is 0 Å². The highest BCUT2D eigenvalue weighted by atomic mass is 16.3. The van der Waals surface area contributed by atoms with Gasteiger partial charge in [-0.3, -0.25) is 0 Å². The lowest BCUT2D eigenvalue weighted by Crippen LogP contribution is -1.89. The Balaban J connectivity index is 0.000000354. The molecule has 3 nitrogen and oxygen atoms in total. The van der Waals surface area contributed by atoms with Crippen LogP contribution in [0.25, 0.3) is 0 Å². The molecule has 0 atom stereocenters. The fourth-order valence-corrected chi connectivity index (χ4v) is 0.637. The Kier molecular flexibility index (Phi) is 5.37. The summed E-state index contributed by atoms with van der Waals surface area (Å²) in [5.74, 6) is 1.23. The first kappa shape index (κ1) is 11.2. The van der Waals surface area contributed by atoms with Crippen LogP contribution in [-0.4, -0.2) is 19.1 Å². The Morgan fingerprint density at radius 2 is 1.92 bits per heavy atom. The molecular formula is C9H18N2O. The quantitative estimate of drug-likeness (QED) is 0.700. The number of nitrogens with zero attached hydrogens (tertiary/aromatic N) is 1. The van der Waals surface area contributed by atoms with Gasteiger partial charge in [0.15, 0.2) is 5.89 Å². The molecule has 1 heterocycles. The van der Waals surface area contributed by atoms with E-state index in [1.165, 1.54) is 0 Å². The zero-order chi connectivity index (χ0) is 9.56. The summed E-state index contributed by atoms with van der Waals surface area (Å²) < 4.78 is 5.11. The van der Waals surface area contributed by atoms with E-state index in [1.807, 2.05) is 21.0 Å². The third-order valence-corrected chi connectivity index (χ3v) is 1.13. The molecule has 1 aromatic rings. The SMILES string of the molecule is CNC.Cc1coc(C(C)C)n1. The lowest BCUT2D eigenvalue weighted by Gasteiger charge is -1.93. The molecule has 0 radical (unpaired) electrons. The van der Waals surface area contributed by atoms with Crippen molar-refractivity contribution < 1.29 is 4.42 Å². The molecule has 0 amide bonds. The summed E-state index contributed by atoms with van der Waals surface area (Å²) in [4.78, 5) is 4.14. The Morgan fingerprint density at radius 3 is 2.08 bits per heavy atom. The van der Waals surface area contributed by atoms with Gasteiger partial charge in [0.25, 0.3) is 0 Å². The number of hydrogen-bond acceptors (Lipinski definition) is 3. The van der Waals surface area contributed by atoms with E-state index in [0.29, 0.717) is 5.92 Å². The van der Waals surface area contributed by atoms with Crippen LogP contribution in [0.15, 0.2) is 10.7 Å². The van der Waals surface area contributed by atoms with Gasteiger partial charge in [-0.15, -0.1) is 0 Å². The molecule has 3 heteroatoms. The normalized spacial score (nSPS) is 9.50. The average molecular weight is 170 g/mol. The maximum Gasteiger partial charge on any atom is 0.196 e. The first-order valence-electron chi connectivity index (χ1n) is 4.12. The number of rotatable bonds is 1. The van der Waals surface area contributed by atoms with Crippen LogP contribution in [0, 0.1) is 6.92 Å². The van der Waals surface area contributed by atoms with Crippen molar-refractivity contribution in [2.45, 2.75) is 26.7 Å². The molecule has 0 aliphatic carbocycles. The average Bonchev–Trinajstić information content (AvgIpc) is 2.37. The van der Waals surface area contributed by atoms with Crippen molar-refractivity contribution >= 4 is 0 Å². The smallest absolute Gasteiger partial charge is 0.196 e. The first-order chi connectivity index (χ1) is 5.61. The van der Waals surface area contributed by atoms with Gasteiger partial charge in [-0.2, -0.15) is 0 Å². The van der Waals surface area contributed by atoms with E-state index < -0.39 is 0 Å². The summed E-state index contributed by atoms with van der Waals surface area (Å²) in [5.41, 5.74) is 0.957. The van der Waals surface area contributed by atoms with Crippen molar-refractivity contribution in [1.29, 1.82) is 0 Å². The van der Waals surface area contributed by atoms with E-state index in [-0.39, 0.29) is 0 Å². The summed E-state index contributed by atoms with van der Waals surface area (Å²) in [5, 5.41) is 2.75. The fourth-order valence-electron chi connectivity index (χ4n) is 0.637. The molecule has 0 fully saturated rings. The van der Waals surface area contributed by atoms with Crippen LogP contribution in [0.4, 0.5) is 0 Å². The van der Waals surface area contributed by atoms with Gasteiger partial charge in [0, 0.05) is 5.92 Å². The van der Waals surface area contributed by atoms with E-state index in [9.17, 15) is 0 Å². The highest BCUT2D eigenvalue weighted by Crippen LogP contribution is 2.11. The Bertz CT molecular complexity index is 206. The lowest BCUT2D eigenvalue weighted by molar-refractivity contribution is 0.471. The van der Waals surface area contributed by atoms with Crippen LogP contribution >= 0.6 is 0 Å². The molecule has 0 spiro atoms. The Labute approximate surface area is 74.2 Å². The van der Waals surface area contributed by atoms with Gasteiger partial charge in [0.05, 0.1) is 5.69 Å². The van der Waals surface area contributed by atoms with E-state index in [1.54, 1.807) is 6.26 Å². The molecule has 1 N–H and O–H groups in total. The van der Waals surface area contributed by atoms with Crippen molar-refractivity contribution in [3.8, 4) is 0 Å². The van der Waals surface area contributed by atoms with Gasteiger partial charge in [0.2, 0.25) is 0 Å². The molecular weight excluding hydrogens is 152 g/mol. The largest absolute Gasteiger partial charge is 0.448 e. The second-order valence-electron chi connectivity index (χ2n) is 2.98. The molecule has 0 aliphatic heterocycles. The third-order valence-electron chi connectivity index (χ3n) is 1.13. The molecule has 0 unspecified atom stereocenters. The Hall–Kier alpha value is -0.830. The van der Waals surface area contributed by atoms with Gasteiger partial charge in [-0.05, 0) is 21.0 Å². The van der Waals surface area contributed by atoms with Crippen LogP contribution in [0.3, 0.4) is 0 Å². The maximum absolute atomic E-state index is 5.11. The minimum atomic E-state index is 0.402. The molecule has 0 saturated carbocycles. The molecule has 1 rings (SSSR count). The second kappa shape index (κ2) is 5.77. The first-order valence-corrected chi connectivity index (χ1v) is 4.12. The molecule has 0 saturated heterocycles. The standard InChI is InChI=1S/C7H11NO.C2H7N/c1-5(2)7-8-6(3)4-9-7;1-3-2/h4-5H,1-3H3;3H,1-2H3. The predicted molar refractivity (Wildman–Crippen MR) is 50.3 cm³/mol. The maximum atomic E-state index is 5.11. The van der Waals surface area contributed by atoms with Crippen molar-refractivity contribution in [2.24, 2.45) is 0 Å². The topological polar surface area (TPSA) is 38.1 Å². The van der Waals surface area contributed by atoms with E-state index >= 15 is 0 Å². The molecule has 70 valence electrons. The molecule has 1 aromatic heterocycles. The highest BCUT2D eigenvalue weighted by Gasteiger charge is 2.03. The molecule has 0 aliphatic rings. The summed E-state index contributed by atoms with van der Waals surface area (Å²) in [6.45, 7) is 6.05. The van der Waals surface area contributed by atoms with Crippen LogP contribution in [0.1, 0.15) is 31.4 Å². The van der Waals surface area contributed by atoms with E-state index in [2.05, 4.69) is 24.1 Å². The van der Waals surface area contributed by atoms with Gasteiger partial charge in [-0.25, -0.2) is 4.98 Å². The number of oxazole rings is 1. The van der Waals surface area contributed by atoms with Crippen molar-refractivity contribution in [1.82, 2.24) is 10.3 Å². The minimum absolute atomic E-state index is 0.402. The van der Waals surface area contributed by atoms with Crippen molar-refractivity contribution in [3.05, 3.63) is 17.8 Å². The highest BCUT2D eigenvalue weighted by molar-refractivity contribution is 4.95. The van der Waals surface area contributed by atoms with E-state index in [0.717, 1.165) is 11.6 Å². The zero-order valence-electron chi connectivity index (χ0n) is 8.51. The summed E-state index contributed by atoms with van der Waals surface area (Å²) in [6, 6.07) is 0. The van der Waals surface area contributed by atoms with Crippen LogP contribution < -0.4 is 5.32 Å². The summed E-state index contributed by atoms with van der Waals surface area (Å²) in [6.07, 6.45) is 1.68. The van der Waals surface area contributed by atoms with Crippen LogP contribution in [0.5, 0.6) is 0 Å².